The lowest BCUT2D eigenvalue weighted by atomic mass is 9.75. The Labute approximate surface area is 99.8 Å². The third-order valence-electron chi connectivity index (χ3n) is 4.72. The van der Waals surface area contributed by atoms with Crippen LogP contribution in [0.4, 0.5) is 0 Å². The fourth-order valence-electron chi connectivity index (χ4n) is 3.57. The zero-order chi connectivity index (χ0) is 11.4. The molecule has 2 nitrogen and oxygen atoms in total. The minimum atomic E-state index is -0.0184. The van der Waals surface area contributed by atoms with Crippen molar-refractivity contribution in [3.05, 3.63) is 0 Å². The van der Waals surface area contributed by atoms with E-state index in [2.05, 4.69) is 12.2 Å². The zero-order valence-corrected chi connectivity index (χ0v) is 10.7. The summed E-state index contributed by atoms with van der Waals surface area (Å²) in [5.41, 5.74) is -0.0184. The van der Waals surface area contributed by atoms with Gasteiger partial charge in [-0.3, -0.25) is 0 Å². The van der Waals surface area contributed by atoms with Gasteiger partial charge in [-0.25, -0.2) is 0 Å². The lowest BCUT2D eigenvalue weighted by Crippen LogP contribution is -2.55. The number of nitrogens with one attached hydrogen (secondary N) is 1. The molecule has 2 N–H and O–H groups in total. The molecule has 0 saturated heterocycles. The molecule has 1 atom stereocenters. The van der Waals surface area contributed by atoms with Crippen LogP contribution >= 0.6 is 0 Å². The van der Waals surface area contributed by atoms with Crippen LogP contribution in [0.1, 0.15) is 64.7 Å². The molecule has 2 heteroatoms. The van der Waals surface area contributed by atoms with E-state index in [4.69, 9.17) is 0 Å². The topological polar surface area (TPSA) is 32.3 Å². The molecule has 0 radical (unpaired) electrons. The van der Waals surface area contributed by atoms with E-state index in [-0.39, 0.29) is 5.54 Å². The van der Waals surface area contributed by atoms with Crippen molar-refractivity contribution in [1.82, 2.24) is 5.32 Å². The molecule has 0 spiro atoms. The van der Waals surface area contributed by atoms with Crippen LogP contribution in [-0.4, -0.2) is 23.3 Å². The second-order valence-electron chi connectivity index (χ2n) is 6.04. The Morgan fingerprint density at radius 1 is 1.00 bits per heavy atom. The molecule has 94 valence electrons. The Balaban J connectivity index is 1.93. The average molecular weight is 225 g/mol. The summed E-state index contributed by atoms with van der Waals surface area (Å²) in [6.45, 7) is 2.54. The maximum absolute atomic E-state index is 9.74. The fourth-order valence-corrected chi connectivity index (χ4v) is 3.57. The van der Waals surface area contributed by atoms with Crippen molar-refractivity contribution in [1.29, 1.82) is 0 Å². The molecule has 0 aromatic rings. The highest BCUT2D eigenvalue weighted by Gasteiger charge is 2.36. The van der Waals surface area contributed by atoms with E-state index in [0.29, 0.717) is 18.6 Å². The molecule has 0 amide bonds. The molecule has 2 fully saturated rings. The predicted molar refractivity (Wildman–Crippen MR) is 67.5 cm³/mol. The Hall–Kier alpha value is -0.0800. The molecule has 2 aliphatic carbocycles. The summed E-state index contributed by atoms with van der Waals surface area (Å²) in [7, 11) is 0. The van der Waals surface area contributed by atoms with Crippen LogP contribution < -0.4 is 5.32 Å². The van der Waals surface area contributed by atoms with Gasteiger partial charge in [0.25, 0.3) is 0 Å². The van der Waals surface area contributed by atoms with E-state index in [1.54, 1.807) is 0 Å². The van der Waals surface area contributed by atoms with Crippen LogP contribution in [0, 0.1) is 5.92 Å². The first-order valence-electron chi connectivity index (χ1n) is 7.13. The normalized spacial score (nSPS) is 28.1. The highest BCUT2D eigenvalue weighted by atomic mass is 16.3. The van der Waals surface area contributed by atoms with E-state index < -0.39 is 0 Å². The van der Waals surface area contributed by atoms with Gasteiger partial charge in [0.05, 0.1) is 6.61 Å². The average Bonchev–Trinajstić information content (AvgIpc) is 2.83. The minimum absolute atomic E-state index is 0.0184. The van der Waals surface area contributed by atoms with Gasteiger partial charge >= 0.3 is 0 Å². The van der Waals surface area contributed by atoms with Crippen molar-refractivity contribution in [2.75, 3.05) is 6.61 Å². The Kier molecular flexibility index (Phi) is 4.26. The first-order chi connectivity index (χ1) is 7.74. The second-order valence-corrected chi connectivity index (χ2v) is 6.04. The van der Waals surface area contributed by atoms with Crippen molar-refractivity contribution in [3.63, 3.8) is 0 Å². The van der Waals surface area contributed by atoms with Gasteiger partial charge < -0.3 is 10.4 Å². The van der Waals surface area contributed by atoms with Crippen LogP contribution in [-0.2, 0) is 0 Å². The lowest BCUT2D eigenvalue weighted by molar-refractivity contribution is 0.0846. The van der Waals surface area contributed by atoms with Crippen molar-refractivity contribution in [2.45, 2.75) is 76.3 Å². The first-order valence-corrected chi connectivity index (χ1v) is 7.13. The predicted octanol–water partition coefficient (Wildman–Crippen LogP) is 2.85. The largest absolute Gasteiger partial charge is 0.394 e. The molecule has 2 rings (SSSR count). The van der Waals surface area contributed by atoms with E-state index in [9.17, 15) is 5.11 Å². The molecule has 2 saturated carbocycles. The zero-order valence-electron chi connectivity index (χ0n) is 10.7. The van der Waals surface area contributed by atoms with Gasteiger partial charge in [-0.1, -0.05) is 32.1 Å². The second kappa shape index (κ2) is 5.50. The van der Waals surface area contributed by atoms with E-state index >= 15 is 0 Å². The van der Waals surface area contributed by atoms with Gasteiger partial charge in [-0.05, 0) is 38.5 Å². The summed E-state index contributed by atoms with van der Waals surface area (Å²) >= 11 is 0. The molecule has 1 unspecified atom stereocenters. The van der Waals surface area contributed by atoms with E-state index in [1.807, 2.05) is 0 Å². The van der Waals surface area contributed by atoms with Gasteiger partial charge in [0.15, 0.2) is 0 Å². The quantitative estimate of drug-likeness (QED) is 0.771. The molecule has 0 aromatic carbocycles. The number of rotatable bonds is 4. The van der Waals surface area contributed by atoms with Crippen LogP contribution in [0.2, 0.25) is 0 Å². The maximum Gasteiger partial charge on any atom is 0.0613 e. The molecule has 0 aliphatic heterocycles. The van der Waals surface area contributed by atoms with E-state index in [1.165, 1.54) is 57.8 Å². The third kappa shape index (κ3) is 2.78. The van der Waals surface area contributed by atoms with Crippen molar-refractivity contribution in [3.8, 4) is 0 Å². The molecular weight excluding hydrogens is 198 g/mol. The van der Waals surface area contributed by atoms with Crippen molar-refractivity contribution < 1.29 is 5.11 Å². The van der Waals surface area contributed by atoms with E-state index in [0.717, 1.165) is 0 Å². The summed E-state index contributed by atoms with van der Waals surface area (Å²) in [5, 5.41) is 13.5. The smallest absolute Gasteiger partial charge is 0.0613 e. The summed E-state index contributed by atoms with van der Waals surface area (Å²) in [6.07, 6.45) is 12.0. The maximum atomic E-state index is 9.74. The Morgan fingerprint density at radius 2 is 1.56 bits per heavy atom. The van der Waals surface area contributed by atoms with Crippen LogP contribution in [0.15, 0.2) is 0 Å². The Morgan fingerprint density at radius 3 is 2.12 bits per heavy atom. The highest BCUT2D eigenvalue weighted by molar-refractivity contribution is 4.94. The molecule has 0 bridgehead atoms. The monoisotopic (exact) mass is 225 g/mol. The SMILES string of the molecule is CC(CO)(NC1CCCC1)C1CCCCC1. The van der Waals surface area contributed by atoms with Crippen molar-refractivity contribution in [2.24, 2.45) is 5.92 Å². The van der Waals surface area contributed by atoms with Crippen LogP contribution in [0.25, 0.3) is 0 Å². The first kappa shape index (κ1) is 12.4. The van der Waals surface area contributed by atoms with Gasteiger partial charge in [0.2, 0.25) is 0 Å². The van der Waals surface area contributed by atoms with Gasteiger partial charge in [-0.15, -0.1) is 0 Å². The molecular formula is C14H27NO. The summed E-state index contributed by atoms with van der Waals surface area (Å²) in [4.78, 5) is 0. The van der Waals surface area contributed by atoms with Crippen LogP contribution in [0.5, 0.6) is 0 Å². The Bertz CT molecular complexity index is 207. The standard InChI is InChI=1S/C14H27NO/c1-14(11-16,12-7-3-2-4-8-12)15-13-9-5-6-10-13/h12-13,15-16H,2-11H2,1H3. The summed E-state index contributed by atoms with van der Waals surface area (Å²) in [5.74, 6) is 0.687. The van der Waals surface area contributed by atoms with Gasteiger partial charge in [0, 0.05) is 11.6 Å². The number of hydrogen-bond donors (Lipinski definition) is 2. The number of hydrogen-bond acceptors (Lipinski definition) is 2. The minimum Gasteiger partial charge on any atom is -0.394 e. The fraction of sp³-hybridized carbons (Fsp3) is 1.00. The lowest BCUT2D eigenvalue weighted by Gasteiger charge is -2.41. The van der Waals surface area contributed by atoms with Gasteiger partial charge in [0.1, 0.15) is 0 Å². The molecule has 0 aromatic heterocycles. The third-order valence-corrected chi connectivity index (χ3v) is 4.72. The molecule has 2 aliphatic rings. The number of aliphatic hydroxyl groups is 1. The summed E-state index contributed by atoms with van der Waals surface area (Å²) < 4.78 is 0. The van der Waals surface area contributed by atoms with Gasteiger partial charge in [-0.2, -0.15) is 0 Å². The highest BCUT2D eigenvalue weighted by Crippen LogP contribution is 2.34. The number of aliphatic hydroxyl groups excluding tert-OH is 1. The van der Waals surface area contributed by atoms with Crippen LogP contribution in [0.3, 0.4) is 0 Å². The molecule has 16 heavy (non-hydrogen) atoms. The van der Waals surface area contributed by atoms with Crippen molar-refractivity contribution >= 4 is 0 Å². The summed E-state index contributed by atoms with van der Waals surface area (Å²) in [6, 6.07) is 0.666. The molecule has 0 heterocycles.